The number of fused-ring (bicyclic) bond motifs is 1. The Morgan fingerprint density at radius 2 is 1.52 bits per heavy atom. The zero-order valence-electron chi connectivity index (χ0n) is 18.9. The van der Waals surface area contributed by atoms with E-state index in [1.165, 1.54) is 25.7 Å². The summed E-state index contributed by atoms with van der Waals surface area (Å²) in [5, 5.41) is 0. The molecule has 3 saturated carbocycles. The highest BCUT2D eigenvalue weighted by molar-refractivity contribution is 5.29. The van der Waals surface area contributed by atoms with Crippen LogP contribution in [-0.4, -0.2) is 0 Å². The quantitative estimate of drug-likeness (QED) is 0.462. The first kappa shape index (κ1) is 19.8. The molecule has 3 rings (SSSR count). The topological polar surface area (TPSA) is 0 Å². The summed E-state index contributed by atoms with van der Waals surface area (Å²) in [6.07, 6.45) is 5.89. The molecule has 0 amide bonds. The third kappa shape index (κ3) is 2.30. The Hall–Kier alpha value is 0. The Labute approximate surface area is 158 Å². The molecule has 0 N–H and O–H groups in total. The van der Waals surface area contributed by atoms with E-state index in [4.69, 9.17) is 0 Å². The fourth-order valence-electron chi connectivity index (χ4n) is 8.70. The molecule has 146 valence electrons. The maximum atomic E-state index is 2.64. The molecule has 0 aromatic carbocycles. The lowest BCUT2D eigenvalue weighted by molar-refractivity contribution is -0.210. The lowest BCUT2D eigenvalue weighted by atomic mass is 9.36. The molecule has 0 heteroatoms. The largest absolute Gasteiger partial charge is 0.0651 e. The van der Waals surface area contributed by atoms with Gasteiger partial charge in [-0.25, -0.2) is 0 Å². The van der Waals surface area contributed by atoms with Crippen LogP contribution in [0.25, 0.3) is 0 Å². The standard InChI is InChI=1S/C25H46/c1-11-17(6)21(15(2)3)12-24(16(4)5)22-13-23(22,10)14-25(24)19(8)18(7)20(25)9/h15-22H,11-14H2,1-10H3. The molecule has 0 heterocycles. The summed E-state index contributed by atoms with van der Waals surface area (Å²) in [6, 6.07) is 0. The maximum absolute atomic E-state index is 2.64. The van der Waals surface area contributed by atoms with Crippen LogP contribution in [0.4, 0.5) is 0 Å². The van der Waals surface area contributed by atoms with Gasteiger partial charge in [0.25, 0.3) is 0 Å². The van der Waals surface area contributed by atoms with Crippen molar-refractivity contribution in [3.63, 3.8) is 0 Å². The van der Waals surface area contributed by atoms with E-state index < -0.39 is 0 Å². The van der Waals surface area contributed by atoms with Crippen molar-refractivity contribution >= 4 is 0 Å². The summed E-state index contributed by atoms with van der Waals surface area (Å²) in [7, 11) is 0. The van der Waals surface area contributed by atoms with E-state index in [9.17, 15) is 0 Å². The van der Waals surface area contributed by atoms with Crippen molar-refractivity contribution in [2.75, 3.05) is 0 Å². The van der Waals surface area contributed by atoms with Crippen LogP contribution in [-0.2, 0) is 0 Å². The highest BCUT2D eigenvalue weighted by Crippen LogP contribution is 2.87. The van der Waals surface area contributed by atoms with Gasteiger partial charge in [0.05, 0.1) is 0 Å². The lowest BCUT2D eigenvalue weighted by Crippen LogP contribution is -2.63. The van der Waals surface area contributed by atoms with E-state index in [0.29, 0.717) is 16.2 Å². The lowest BCUT2D eigenvalue weighted by Gasteiger charge is -2.68. The van der Waals surface area contributed by atoms with Crippen molar-refractivity contribution < 1.29 is 0 Å². The van der Waals surface area contributed by atoms with Gasteiger partial charge in [-0.05, 0) is 82.9 Å². The molecular weight excluding hydrogens is 300 g/mol. The van der Waals surface area contributed by atoms with Crippen LogP contribution in [0.3, 0.4) is 0 Å². The van der Waals surface area contributed by atoms with Crippen LogP contribution in [0.5, 0.6) is 0 Å². The Kier molecular flexibility index (Phi) is 4.74. The van der Waals surface area contributed by atoms with E-state index >= 15 is 0 Å². The molecule has 7 unspecified atom stereocenters. The van der Waals surface area contributed by atoms with Crippen LogP contribution in [0.2, 0.25) is 0 Å². The molecule has 1 spiro atoms. The average molecular weight is 347 g/mol. The normalized spacial score (nSPS) is 50.9. The number of hydrogen-bond acceptors (Lipinski definition) is 0. The Morgan fingerprint density at radius 1 is 0.960 bits per heavy atom. The van der Waals surface area contributed by atoms with Gasteiger partial charge in [0.15, 0.2) is 0 Å². The average Bonchev–Trinajstić information content (AvgIpc) is 3.16. The van der Waals surface area contributed by atoms with Crippen molar-refractivity contribution in [1.82, 2.24) is 0 Å². The maximum Gasteiger partial charge on any atom is -0.0174 e. The van der Waals surface area contributed by atoms with Crippen LogP contribution in [0.1, 0.15) is 94.9 Å². The molecule has 0 saturated heterocycles. The van der Waals surface area contributed by atoms with Crippen molar-refractivity contribution in [3.05, 3.63) is 0 Å². The third-order valence-electron chi connectivity index (χ3n) is 10.6. The van der Waals surface area contributed by atoms with Crippen LogP contribution >= 0.6 is 0 Å². The van der Waals surface area contributed by atoms with E-state index in [1.54, 1.807) is 0 Å². The highest BCUT2D eigenvalue weighted by Gasteiger charge is 2.81. The van der Waals surface area contributed by atoms with Gasteiger partial charge < -0.3 is 0 Å². The second kappa shape index (κ2) is 6.00. The zero-order chi connectivity index (χ0) is 18.9. The molecule has 3 fully saturated rings. The summed E-state index contributed by atoms with van der Waals surface area (Å²) in [6.45, 7) is 25.5. The van der Waals surface area contributed by atoms with Crippen molar-refractivity contribution in [2.45, 2.75) is 94.9 Å². The van der Waals surface area contributed by atoms with E-state index in [-0.39, 0.29) is 0 Å². The molecule has 0 aromatic heterocycles. The van der Waals surface area contributed by atoms with E-state index in [2.05, 4.69) is 69.2 Å². The molecule has 3 aliphatic carbocycles. The van der Waals surface area contributed by atoms with Gasteiger partial charge in [-0.1, -0.05) is 75.7 Å². The second-order valence-electron chi connectivity index (χ2n) is 11.8. The molecule has 0 aromatic rings. The first-order chi connectivity index (χ1) is 11.5. The van der Waals surface area contributed by atoms with Crippen molar-refractivity contribution in [2.24, 2.45) is 63.6 Å². The van der Waals surface area contributed by atoms with Gasteiger partial charge in [0, 0.05) is 0 Å². The van der Waals surface area contributed by atoms with E-state index in [0.717, 1.165) is 47.3 Å². The molecule has 3 aliphatic rings. The Morgan fingerprint density at radius 3 is 1.96 bits per heavy atom. The van der Waals surface area contributed by atoms with Gasteiger partial charge in [0.2, 0.25) is 0 Å². The zero-order valence-corrected chi connectivity index (χ0v) is 18.9. The minimum absolute atomic E-state index is 0.589. The first-order valence-electron chi connectivity index (χ1n) is 11.5. The Balaban J connectivity index is 2.06. The number of rotatable bonds is 6. The van der Waals surface area contributed by atoms with Gasteiger partial charge in [0.1, 0.15) is 0 Å². The number of hydrogen-bond donors (Lipinski definition) is 0. The minimum Gasteiger partial charge on any atom is -0.0651 e. The third-order valence-corrected chi connectivity index (χ3v) is 10.6. The fourth-order valence-corrected chi connectivity index (χ4v) is 8.70. The van der Waals surface area contributed by atoms with E-state index in [1.807, 2.05) is 0 Å². The van der Waals surface area contributed by atoms with Crippen LogP contribution in [0.15, 0.2) is 0 Å². The second-order valence-corrected chi connectivity index (χ2v) is 11.8. The first-order valence-corrected chi connectivity index (χ1v) is 11.5. The smallest absolute Gasteiger partial charge is 0.0174 e. The summed E-state index contributed by atoms with van der Waals surface area (Å²) >= 11 is 0. The SMILES string of the molecule is CCC(C)C(CC1(C(C)C)C2CC2(C)CC12C(C)C(C)C2C)C(C)C. The molecule has 0 bridgehead atoms. The summed E-state index contributed by atoms with van der Waals surface area (Å²) in [5.41, 5.74) is 1.88. The van der Waals surface area contributed by atoms with Crippen LogP contribution in [0, 0.1) is 63.6 Å². The van der Waals surface area contributed by atoms with Crippen LogP contribution < -0.4 is 0 Å². The predicted octanol–water partition coefficient (Wildman–Crippen LogP) is 7.68. The molecular formula is C25H46. The molecule has 7 atom stereocenters. The minimum atomic E-state index is 0.589. The molecule has 0 nitrogen and oxygen atoms in total. The predicted molar refractivity (Wildman–Crippen MR) is 110 cm³/mol. The van der Waals surface area contributed by atoms with Crippen molar-refractivity contribution in [1.29, 1.82) is 0 Å². The molecule has 0 radical (unpaired) electrons. The summed E-state index contributed by atoms with van der Waals surface area (Å²) in [4.78, 5) is 0. The monoisotopic (exact) mass is 346 g/mol. The summed E-state index contributed by atoms with van der Waals surface area (Å²) < 4.78 is 0. The van der Waals surface area contributed by atoms with Gasteiger partial charge in [-0.2, -0.15) is 0 Å². The Bertz CT molecular complexity index is 492. The summed E-state index contributed by atoms with van der Waals surface area (Å²) in [5.74, 6) is 7.14. The fraction of sp³-hybridized carbons (Fsp3) is 1.00. The van der Waals surface area contributed by atoms with Gasteiger partial charge >= 0.3 is 0 Å². The van der Waals surface area contributed by atoms with Gasteiger partial charge in [-0.15, -0.1) is 0 Å². The highest BCUT2D eigenvalue weighted by atomic mass is 14.9. The van der Waals surface area contributed by atoms with Gasteiger partial charge in [-0.3, -0.25) is 0 Å². The van der Waals surface area contributed by atoms with Crippen molar-refractivity contribution in [3.8, 4) is 0 Å². The molecule has 0 aliphatic heterocycles. The molecule has 25 heavy (non-hydrogen) atoms.